The first-order valence-electron chi connectivity index (χ1n) is 2.96. The van der Waals surface area contributed by atoms with Gasteiger partial charge in [0.15, 0.2) is 0 Å². The van der Waals surface area contributed by atoms with Crippen LogP contribution in [-0.2, 0) is 63.2 Å². The molecule has 0 saturated carbocycles. The van der Waals surface area contributed by atoms with Crippen molar-refractivity contribution >= 4 is 0 Å². The number of hydrogen-bond acceptors (Lipinski definition) is 1. The molecule has 1 unspecified atom stereocenters. The Morgan fingerprint density at radius 3 is 1.42 bits per heavy atom. The third-order valence-electron chi connectivity index (χ3n) is 1.20. The summed E-state index contributed by atoms with van der Waals surface area (Å²) in [5.41, 5.74) is 0.00868. The molecule has 0 aliphatic heterocycles. The minimum atomic E-state index is -0.275. The van der Waals surface area contributed by atoms with Gasteiger partial charge in [-0.3, -0.25) is 0 Å². The van der Waals surface area contributed by atoms with E-state index in [1.54, 1.807) is 6.42 Å². The molecule has 0 aliphatic carbocycles. The van der Waals surface area contributed by atoms with Gasteiger partial charge < -0.3 is 19.0 Å². The molecule has 1 atom stereocenters. The standard InChI is InChI=1S/C7H15O.CH3.3W/c1-5-6(8)7(2,3)4;;;;/h5-6,8H,1-4H3;1H3;;;/q2*-1;;;+2. The molecule has 0 spiro atoms. The van der Waals surface area contributed by atoms with Gasteiger partial charge in [0, 0.05) is 42.1 Å². The van der Waals surface area contributed by atoms with E-state index in [1.807, 2.05) is 27.7 Å². The molecule has 4 heteroatoms. The predicted octanol–water partition coefficient (Wildman–Crippen LogP) is 2.06. The SMILES string of the molecule is C[CH-]C(O)C(C)(C)C.[CH3-].[W+2].[W].[W]. The molecule has 0 rings (SSSR count). The van der Waals surface area contributed by atoms with Gasteiger partial charge in [-0.2, -0.15) is 6.92 Å². The molecule has 0 saturated heterocycles. The Labute approximate surface area is 120 Å². The van der Waals surface area contributed by atoms with E-state index < -0.39 is 0 Å². The molecule has 0 heterocycles. The second-order valence-corrected chi connectivity index (χ2v) is 3.14. The maximum Gasteiger partial charge on any atom is 2.00 e. The van der Waals surface area contributed by atoms with Gasteiger partial charge in [-0.05, 0) is 5.41 Å². The van der Waals surface area contributed by atoms with Gasteiger partial charge in [0.05, 0.1) is 0 Å². The number of aliphatic hydroxyl groups is 1. The van der Waals surface area contributed by atoms with Crippen LogP contribution >= 0.6 is 0 Å². The van der Waals surface area contributed by atoms with Crippen LogP contribution in [0.3, 0.4) is 0 Å². The maximum absolute atomic E-state index is 9.14. The van der Waals surface area contributed by atoms with E-state index in [-0.39, 0.29) is 82.1 Å². The van der Waals surface area contributed by atoms with E-state index in [1.165, 1.54) is 0 Å². The largest absolute Gasteiger partial charge is 2.00 e. The fourth-order valence-corrected chi connectivity index (χ4v) is 0.500. The van der Waals surface area contributed by atoms with Crippen LogP contribution < -0.4 is 0 Å². The third kappa shape index (κ3) is 14.5. The van der Waals surface area contributed by atoms with Crippen molar-refractivity contribution in [3.05, 3.63) is 13.8 Å². The van der Waals surface area contributed by atoms with Crippen molar-refractivity contribution in [3.63, 3.8) is 0 Å². The number of rotatable bonds is 1. The molecule has 0 aromatic carbocycles. The van der Waals surface area contributed by atoms with Crippen molar-refractivity contribution in [1.29, 1.82) is 0 Å². The molecule has 12 heavy (non-hydrogen) atoms. The van der Waals surface area contributed by atoms with Crippen LogP contribution in [0, 0.1) is 19.3 Å². The predicted molar refractivity (Wildman–Crippen MR) is 41.8 cm³/mol. The minimum absolute atomic E-state index is 0. The summed E-state index contributed by atoms with van der Waals surface area (Å²) in [7, 11) is 0. The van der Waals surface area contributed by atoms with Crippen LogP contribution in [0.25, 0.3) is 0 Å². The first kappa shape index (κ1) is 29.2. The molecule has 0 amide bonds. The summed E-state index contributed by atoms with van der Waals surface area (Å²) in [4.78, 5) is 0. The second kappa shape index (κ2) is 13.0. The zero-order valence-corrected chi connectivity index (χ0v) is 17.1. The topological polar surface area (TPSA) is 20.2 Å². The number of aliphatic hydroxyl groups excluding tert-OH is 1. The Morgan fingerprint density at radius 1 is 1.17 bits per heavy atom. The van der Waals surface area contributed by atoms with Crippen molar-refractivity contribution in [3.8, 4) is 0 Å². The monoisotopic (exact) mass is 682 g/mol. The fraction of sp³-hybridized carbons (Fsp3) is 0.750. The van der Waals surface area contributed by atoms with Crippen molar-refractivity contribution in [2.75, 3.05) is 0 Å². The average molecular weight is 682 g/mol. The van der Waals surface area contributed by atoms with Gasteiger partial charge >= 0.3 is 21.1 Å². The molecule has 1 nitrogen and oxygen atoms in total. The Balaban J connectivity index is -0.0000000408. The zero-order valence-electron chi connectivity index (χ0n) is 8.33. The van der Waals surface area contributed by atoms with Gasteiger partial charge in [-0.15, -0.1) is 0 Å². The van der Waals surface area contributed by atoms with Crippen LogP contribution in [0.2, 0.25) is 0 Å². The summed E-state index contributed by atoms with van der Waals surface area (Å²) in [6.45, 7) is 7.91. The third-order valence-corrected chi connectivity index (χ3v) is 1.20. The Bertz CT molecular complexity index is 71.2. The van der Waals surface area contributed by atoms with Crippen molar-refractivity contribution in [2.24, 2.45) is 5.41 Å². The van der Waals surface area contributed by atoms with Crippen LogP contribution in [0.1, 0.15) is 27.7 Å². The van der Waals surface area contributed by atoms with E-state index >= 15 is 0 Å². The molecular weight excluding hydrogens is 664 g/mol. The molecule has 0 aromatic heterocycles. The molecule has 0 radical (unpaired) electrons. The summed E-state index contributed by atoms with van der Waals surface area (Å²) in [5.74, 6) is 0. The molecule has 0 fully saturated rings. The van der Waals surface area contributed by atoms with Gasteiger partial charge in [0.1, 0.15) is 0 Å². The van der Waals surface area contributed by atoms with Crippen molar-refractivity contribution in [2.45, 2.75) is 33.8 Å². The van der Waals surface area contributed by atoms with E-state index in [4.69, 9.17) is 5.11 Å². The van der Waals surface area contributed by atoms with Gasteiger partial charge in [0.2, 0.25) is 0 Å². The van der Waals surface area contributed by atoms with E-state index in [0.29, 0.717) is 0 Å². The summed E-state index contributed by atoms with van der Waals surface area (Å²) >= 11 is 0. The molecule has 0 aromatic rings. The normalized spacial score (nSPS) is 10.8. The Kier molecular flexibility index (Phi) is 31.7. The first-order valence-corrected chi connectivity index (χ1v) is 2.96. The second-order valence-electron chi connectivity index (χ2n) is 3.14. The summed E-state index contributed by atoms with van der Waals surface area (Å²) < 4.78 is 0. The minimum Gasteiger partial charge on any atom is -0.425 e. The summed E-state index contributed by atoms with van der Waals surface area (Å²) in [5, 5.41) is 9.14. The summed E-state index contributed by atoms with van der Waals surface area (Å²) in [6, 6.07) is 0. The van der Waals surface area contributed by atoms with Gasteiger partial charge in [-0.25, -0.2) is 0 Å². The molecule has 74 valence electrons. The first-order chi connectivity index (χ1) is 3.48. The fourth-order valence-electron chi connectivity index (χ4n) is 0.500. The van der Waals surface area contributed by atoms with Crippen LogP contribution in [0.4, 0.5) is 0 Å². The van der Waals surface area contributed by atoms with Crippen LogP contribution in [0.5, 0.6) is 0 Å². The average Bonchev–Trinajstić information content (AvgIpc) is 1.62. The zero-order chi connectivity index (χ0) is 6.78. The smallest absolute Gasteiger partial charge is 0.425 e. The Hall–Kier alpha value is 2.02. The van der Waals surface area contributed by atoms with Crippen LogP contribution in [-0.4, -0.2) is 11.2 Å². The van der Waals surface area contributed by atoms with E-state index in [0.717, 1.165) is 0 Å². The molecule has 0 bridgehead atoms. The number of hydrogen-bond donors (Lipinski definition) is 1. The van der Waals surface area contributed by atoms with E-state index in [2.05, 4.69) is 0 Å². The molecule has 0 aliphatic rings. The summed E-state index contributed by atoms with van der Waals surface area (Å²) in [6.07, 6.45) is 1.53. The van der Waals surface area contributed by atoms with Crippen molar-refractivity contribution < 1.29 is 68.3 Å². The quantitative estimate of drug-likeness (QED) is 0.421. The molecule has 1 N–H and O–H groups in total. The van der Waals surface area contributed by atoms with Gasteiger partial charge in [0.25, 0.3) is 0 Å². The van der Waals surface area contributed by atoms with Crippen LogP contribution in [0.15, 0.2) is 0 Å². The molecular formula is C8H18OW3. The van der Waals surface area contributed by atoms with Gasteiger partial charge in [-0.1, -0.05) is 26.9 Å². The van der Waals surface area contributed by atoms with E-state index in [9.17, 15) is 0 Å². The maximum atomic E-state index is 9.14. The van der Waals surface area contributed by atoms with Crippen molar-refractivity contribution in [1.82, 2.24) is 0 Å². The Morgan fingerprint density at radius 2 is 1.42 bits per heavy atom.